The van der Waals surface area contributed by atoms with Crippen LogP contribution in [0.5, 0.6) is 0 Å². The van der Waals surface area contributed by atoms with Gasteiger partial charge in [0.2, 0.25) is 0 Å². The van der Waals surface area contributed by atoms with E-state index >= 15 is 0 Å². The van der Waals surface area contributed by atoms with E-state index in [-0.39, 0.29) is 24.4 Å². The molecule has 0 unspecified atom stereocenters. The standard InChI is InChI=1S/C9H14N2O2S.ClH/c1-6(5-10)11-9(12)7-3-4-8(13-7)14-2;/h3-4,6H,5,10H2,1-2H3,(H,11,12);1H/t6-;/m1./s1. The molecule has 86 valence electrons. The van der Waals surface area contributed by atoms with Crippen molar-refractivity contribution in [1.82, 2.24) is 5.32 Å². The second-order valence-corrected chi connectivity index (χ2v) is 3.74. The van der Waals surface area contributed by atoms with Gasteiger partial charge in [0, 0.05) is 12.6 Å². The van der Waals surface area contributed by atoms with Crippen molar-refractivity contribution in [3.63, 3.8) is 0 Å². The summed E-state index contributed by atoms with van der Waals surface area (Å²) in [5, 5.41) is 3.45. The zero-order valence-electron chi connectivity index (χ0n) is 8.65. The first-order chi connectivity index (χ1) is 6.67. The molecule has 15 heavy (non-hydrogen) atoms. The number of carbonyl (C=O) groups excluding carboxylic acids is 1. The lowest BCUT2D eigenvalue weighted by Gasteiger charge is -2.08. The third-order valence-corrected chi connectivity index (χ3v) is 2.36. The van der Waals surface area contributed by atoms with Crippen LogP contribution in [-0.4, -0.2) is 24.7 Å². The van der Waals surface area contributed by atoms with Crippen LogP contribution in [0.2, 0.25) is 0 Å². The second-order valence-electron chi connectivity index (χ2n) is 2.93. The number of amides is 1. The van der Waals surface area contributed by atoms with Crippen LogP contribution < -0.4 is 11.1 Å². The highest BCUT2D eigenvalue weighted by Gasteiger charge is 2.12. The van der Waals surface area contributed by atoms with Crippen LogP contribution >= 0.6 is 24.2 Å². The van der Waals surface area contributed by atoms with E-state index in [2.05, 4.69) is 5.32 Å². The largest absolute Gasteiger partial charge is 0.445 e. The van der Waals surface area contributed by atoms with E-state index < -0.39 is 0 Å². The van der Waals surface area contributed by atoms with Crippen molar-refractivity contribution in [2.45, 2.75) is 18.1 Å². The molecule has 6 heteroatoms. The summed E-state index contributed by atoms with van der Waals surface area (Å²) >= 11 is 1.46. The van der Waals surface area contributed by atoms with Gasteiger partial charge in [-0.1, -0.05) is 11.8 Å². The van der Waals surface area contributed by atoms with Gasteiger partial charge in [-0.05, 0) is 25.3 Å². The van der Waals surface area contributed by atoms with Crippen LogP contribution in [0.4, 0.5) is 0 Å². The predicted octanol–water partition coefficient (Wildman–Crippen LogP) is 1.50. The van der Waals surface area contributed by atoms with Gasteiger partial charge < -0.3 is 15.5 Å². The van der Waals surface area contributed by atoms with E-state index in [1.165, 1.54) is 11.8 Å². The maximum Gasteiger partial charge on any atom is 0.287 e. The lowest BCUT2D eigenvalue weighted by atomic mass is 10.3. The van der Waals surface area contributed by atoms with Crippen LogP contribution in [0.1, 0.15) is 17.5 Å². The zero-order chi connectivity index (χ0) is 10.6. The zero-order valence-corrected chi connectivity index (χ0v) is 10.3. The molecule has 0 bridgehead atoms. The van der Waals surface area contributed by atoms with E-state index in [4.69, 9.17) is 10.2 Å². The molecule has 3 N–H and O–H groups in total. The van der Waals surface area contributed by atoms with Crippen LogP contribution in [0, 0.1) is 0 Å². The highest BCUT2D eigenvalue weighted by molar-refractivity contribution is 7.98. The number of hydrogen-bond acceptors (Lipinski definition) is 4. The summed E-state index contributed by atoms with van der Waals surface area (Å²) in [5.74, 6) is 0.109. The molecule has 1 rings (SSSR count). The summed E-state index contributed by atoms with van der Waals surface area (Å²) < 4.78 is 5.25. The first-order valence-corrected chi connectivity index (χ1v) is 5.54. The van der Waals surface area contributed by atoms with Crippen LogP contribution in [0.15, 0.2) is 21.6 Å². The van der Waals surface area contributed by atoms with Gasteiger partial charge in [-0.25, -0.2) is 0 Å². The number of nitrogens with two attached hydrogens (primary N) is 1. The molecule has 0 radical (unpaired) electrons. The third-order valence-electron chi connectivity index (χ3n) is 1.74. The summed E-state index contributed by atoms with van der Waals surface area (Å²) in [6, 6.07) is 3.39. The van der Waals surface area contributed by atoms with Crippen LogP contribution in [0.3, 0.4) is 0 Å². The first-order valence-electron chi connectivity index (χ1n) is 4.32. The third kappa shape index (κ3) is 4.15. The van der Waals surface area contributed by atoms with Crippen molar-refractivity contribution in [1.29, 1.82) is 0 Å². The normalized spacial score (nSPS) is 11.7. The van der Waals surface area contributed by atoms with Crippen LogP contribution in [-0.2, 0) is 0 Å². The Morgan fingerprint density at radius 3 is 2.80 bits per heavy atom. The van der Waals surface area contributed by atoms with E-state index in [9.17, 15) is 4.79 Å². The number of hydrogen-bond donors (Lipinski definition) is 2. The maximum absolute atomic E-state index is 11.5. The topological polar surface area (TPSA) is 68.3 Å². The molecule has 1 atom stereocenters. The Bertz CT molecular complexity index is 317. The van der Waals surface area contributed by atoms with Crippen molar-refractivity contribution >= 4 is 30.1 Å². The molecule has 0 aliphatic carbocycles. The molecule has 1 aromatic heterocycles. The number of nitrogens with one attached hydrogen (secondary N) is 1. The summed E-state index contributed by atoms with van der Waals surface area (Å²) in [6.07, 6.45) is 1.89. The average Bonchev–Trinajstić information content (AvgIpc) is 2.65. The fraction of sp³-hybridized carbons (Fsp3) is 0.444. The van der Waals surface area contributed by atoms with Gasteiger partial charge in [-0.3, -0.25) is 4.79 Å². The van der Waals surface area contributed by atoms with Crippen molar-refractivity contribution < 1.29 is 9.21 Å². The van der Waals surface area contributed by atoms with Gasteiger partial charge in [-0.15, -0.1) is 12.4 Å². The molecule has 4 nitrogen and oxygen atoms in total. The lowest BCUT2D eigenvalue weighted by Crippen LogP contribution is -2.37. The molecule has 0 saturated carbocycles. The first kappa shape index (κ1) is 14.3. The highest BCUT2D eigenvalue weighted by atomic mass is 35.5. The van der Waals surface area contributed by atoms with E-state index in [0.29, 0.717) is 12.3 Å². The van der Waals surface area contributed by atoms with Crippen LogP contribution in [0.25, 0.3) is 0 Å². The highest BCUT2D eigenvalue weighted by Crippen LogP contribution is 2.17. The maximum atomic E-state index is 11.5. The average molecular weight is 251 g/mol. The number of rotatable bonds is 4. The number of halogens is 1. The Balaban J connectivity index is 0.00000196. The summed E-state index contributed by atoms with van der Waals surface area (Å²) in [5.41, 5.74) is 5.38. The van der Waals surface area contributed by atoms with Gasteiger partial charge in [0.25, 0.3) is 5.91 Å². The van der Waals surface area contributed by atoms with Gasteiger partial charge in [0.15, 0.2) is 10.9 Å². The molecule has 0 aliphatic rings. The minimum atomic E-state index is -0.219. The second kappa shape index (κ2) is 6.76. The molecular formula is C9H15ClN2O2S. The Labute approximate surface area is 99.4 Å². The van der Waals surface area contributed by atoms with E-state index in [0.717, 1.165) is 5.09 Å². The fourth-order valence-corrected chi connectivity index (χ4v) is 1.28. The Morgan fingerprint density at radius 2 is 2.33 bits per heavy atom. The van der Waals surface area contributed by atoms with Crippen molar-refractivity contribution in [3.05, 3.63) is 17.9 Å². The minimum absolute atomic E-state index is 0. The Kier molecular flexibility index (Phi) is 6.47. The van der Waals surface area contributed by atoms with Gasteiger partial charge >= 0.3 is 0 Å². The summed E-state index contributed by atoms with van der Waals surface area (Å²) in [4.78, 5) is 11.5. The van der Waals surface area contributed by atoms with Crippen molar-refractivity contribution in [2.24, 2.45) is 5.73 Å². The molecule has 0 saturated heterocycles. The lowest BCUT2D eigenvalue weighted by molar-refractivity contribution is 0.0908. The van der Waals surface area contributed by atoms with E-state index in [1.807, 2.05) is 13.2 Å². The summed E-state index contributed by atoms with van der Waals surface area (Å²) in [6.45, 7) is 2.26. The molecule has 0 spiro atoms. The molecule has 1 aromatic rings. The monoisotopic (exact) mass is 250 g/mol. The van der Waals surface area contributed by atoms with Crippen molar-refractivity contribution in [2.75, 3.05) is 12.8 Å². The molecular weight excluding hydrogens is 236 g/mol. The molecule has 0 fully saturated rings. The quantitative estimate of drug-likeness (QED) is 0.795. The SMILES string of the molecule is CSc1ccc(C(=O)N[C@H](C)CN)o1.Cl. The minimum Gasteiger partial charge on any atom is -0.445 e. The molecule has 1 heterocycles. The summed E-state index contributed by atoms with van der Waals surface area (Å²) in [7, 11) is 0. The Morgan fingerprint density at radius 1 is 1.67 bits per heavy atom. The number of thioether (sulfide) groups is 1. The fourth-order valence-electron chi connectivity index (χ4n) is 0.906. The number of furan rings is 1. The van der Waals surface area contributed by atoms with Gasteiger partial charge in [0.05, 0.1) is 0 Å². The Hall–Kier alpha value is -0.650. The van der Waals surface area contributed by atoms with E-state index in [1.54, 1.807) is 12.1 Å². The van der Waals surface area contributed by atoms with Gasteiger partial charge in [-0.2, -0.15) is 0 Å². The number of carbonyl (C=O) groups is 1. The predicted molar refractivity (Wildman–Crippen MR) is 63.7 cm³/mol. The molecule has 0 aliphatic heterocycles. The molecule has 1 amide bonds. The molecule has 0 aromatic carbocycles. The smallest absolute Gasteiger partial charge is 0.287 e. The van der Waals surface area contributed by atoms with Crippen molar-refractivity contribution in [3.8, 4) is 0 Å². The van der Waals surface area contributed by atoms with Gasteiger partial charge in [0.1, 0.15) is 0 Å².